The van der Waals surface area contributed by atoms with Gasteiger partial charge in [-0.3, -0.25) is 0 Å². The Kier molecular flexibility index (Phi) is 6.56. The molecule has 5 heteroatoms. The van der Waals surface area contributed by atoms with E-state index in [4.69, 9.17) is 6.57 Å². The molecule has 2 aromatic heterocycles. The average Bonchev–Trinajstić information content (AvgIpc) is 3.69. The van der Waals surface area contributed by atoms with Crippen LogP contribution in [-0.2, 0) is 0 Å². The second-order valence-electron chi connectivity index (χ2n) is 12.3. The van der Waals surface area contributed by atoms with Crippen LogP contribution in [0.3, 0.4) is 0 Å². The number of aromatic nitrogens is 2. The van der Waals surface area contributed by atoms with Crippen molar-refractivity contribution in [1.29, 1.82) is 10.5 Å². The highest BCUT2D eigenvalue weighted by molar-refractivity contribution is 6.11. The molecule has 0 fully saturated rings. The summed E-state index contributed by atoms with van der Waals surface area (Å²) < 4.78 is 4.44. The lowest BCUT2D eigenvalue weighted by atomic mass is 9.90. The predicted octanol–water partition coefficient (Wildman–Crippen LogP) is 11.5. The number of para-hydroxylation sites is 2. The fourth-order valence-electron chi connectivity index (χ4n) is 7.48. The summed E-state index contributed by atoms with van der Waals surface area (Å²) in [6, 6.07) is 55.6. The van der Waals surface area contributed by atoms with Crippen molar-refractivity contribution in [1.82, 2.24) is 9.13 Å². The Bertz CT molecular complexity index is 2970. The standard InChI is InChI=1S/C45H25N5/c1-48-32-21-22-37-35-14-4-6-17-40(35)49(44(37)26-32)33-12-8-10-30(25-33)34-13-2-3-16-38(34)45-31(28-47)11-9-19-43(45)50-41-18-7-5-15-36(41)39-24-29(27-46)20-23-42(39)50/h2-26H. The molecule has 0 N–H and O–H groups in total. The van der Waals surface area contributed by atoms with Crippen LogP contribution in [0.4, 0.5) is 5.69 Å². The molecule has 0 spiro atoms. The highest BCUT2D eigenvalue weighted by Gasteiger charge is 2.21. The van der Waals surface area contributed by atoms with Gasteiger partial charge < -0.3 is 9.13 Å². The summed E-state index contributed by atoms with van der Waals surface area (Å²) in [6.45, 7) is 7.67. The lowest BCUT2D eigenvalue weighted by molar-refractivity contribution is 1.18. The molecular weight excluding hydrogens is 611 g/mol. The molecule has 0 radical (unpaired) electrons. The van der Waals surface area contributed by atoms with Crippen molar-refractivity contribution in [2.24, 2.45) is 0 Å². The molecule has 5 nitrogen and oxygen atoms in total. The summed E-state index contributed by atoms with van der Waals surface area (Å²) in [7, 11) is 0. The molecule has 9 aromatic rings. The molecule has 0 amide bonds. The lowest BCUT2D eigenvalue weighted by Crippen LogP contribution is -2.01. The largest absolute Gasteiger partial charge is 0.310 e. The van der Waals surface area contributed by atoms with E-state index in [2.05, 4.69) is 92.8 Å². The topological polar surface area (TPSA) is 61.8 Å². The number of nitrogens with zero attached hydrogens (tertiary/aromatic N) is 5. The van der Waals surface area contributed by atoms with E-state index in [9.17, 15) is 10.5 Å². The van der Waals surface area contributed by atoms with Gasteiger partial charge in [0.05, 0.1) is 52.1 Å². The van der Waals surface area contributed by atoms with Crippen LogP contribution < -0.4 is 0 Å². The first-order valence-corrected chi connectivity index (χ1v) is 16.3. The van der Waals surface area contributed by atoms with Gasteiger partial charge >= 0.3 is 0 Å². The first-order chi connectivity index (χ1) is 24.7. The molecule has 0 saturated carbocycles. The molecule has 0 aliphatic rings. The van der Waals surface area contributed by atoms with Gasteiger partial charge in [0.25, 0.3) is 0 Å². The Morgan fingerprint density at radius 1 is 0.500 bits per heavy atom. The van der Waals surface area contributed by atoms with Gasteiger partial charge in [0.1, 0.15) is 0 Å². The second kappa shape index (κ2) is 11.4. The summed E-state index contributed by atoms with van der Waals surface area (Å²) in [5.74, 6) is 0. The molecule has 0 saturated heterocycles. The third-order valence-electron chi connectivity index (χ3n) is 9.60. The minimum absolute atomic E-state index is 0.569. The first kappa shape index (κ1) is 28.8. The lowest BCUT2D eigenvalue weighted by Gasteiger charge is -2.19. The number of fused-ring (bicyclic) bond motifs is 6. The van der Waals surface area contributed by atoms with E-state index in [1.165, 1.54) is 0 Å². The van der Waals surface area contributed by atoms with Crippen molar-refractivity contribution in [2.45, 2.75) is 0 Å². The molecule has 0 unspecified atom stereocenters. The van der Waals surface area contributed by atoms with Gasteiger partial charge in [-0.05, 0) is 77.4 Å². The second-order valence-corrected chi connectivity index (χ2v) is 12.3. The Balaban J connectivity index is 1.30. The average molecular weight is 636 g/mol. The highest BCUT2D eigenvalue weighted by Crippen LogP contribution is 2.42. The van der Waals surface area contributed by atoms with Gasteiger partial charge in [-0.1, -0.05) is 91.0 Å². The molecule has 0 atom stereocenters. The number of hydrogen-bond donors (Lipinski definition) is 0. The van der Waals surface area contributed by atoms with Gasteiger partial charge in [0.2, 0.25) is 0 Å². The van der Waals surface area contributed by atoms with E-state index >= 15 is 0 Å². The zero-order chi connectivity index (χ0) is 33.8. The van der Waals surface area contributed by atoms with Gasteiger partial charge in [0, 0.05) is 38.3 Å². The third kappa shape index (κ3) is 4.31. The molecule has 9 rings (SSSR count). The van der Waals surface area contributed by atoms with Crippen LogP contribution in [-0.4, -0.2) is 9.13 Å². The number of nitriles is 2. The zero-order valence-corrected chi connectivity index (χ0v) is 26.7. The van der Waals surface area contributed by atoms with Crippen LogP contribution >= 0.6 is 0 Å². The number of rotatable bonds is 4. The molecular formula is C45H25N5. The van der Waals surface area contributed by atoms with E-state index in [0.29, 0.717) is 16.8 Å². The van der Waals surface area contributed by atoms with Crippen molar-refractivity contribution in [3.63, 3.8) is 0 Å². The van der Waals surface area contributed by atoms with Gasteiger partial charge in [0.15, 0.2) is 5.69 Å². The van der Waals surface area contributed by atoms with Gasteiger partial charge in [-0.15, -0.1) is 0 Å². The molecule has 7 aromatic carbocycles. The van der Waals surface area contributed by atoms with Crippen LogP contribution in [0.1, 0.15) is 11.1 Å². The molecule has 50 heavy (non-hydrogen) atoms. The molecule has 0 aliphatic carbocycles. The van der Waals surface area contributed by atoms with Crippen LogP contribution in [0.25, 0.3) is 82.1 Å². The van der Waals surface area contributed by atoms with E-state index in [0.717, 1.165) is 77.2 Å². The summed E-state index contributed by atoms with van der Waals surface area (Å²) in [5.41, 5.74) is 11.4. The van der Waals surface area contributed by atoms with E-state index in [-0.39, 0.29) is 0 Å². The fourth-order valence-corrected chi connectivity index (χ4v) is 7.48. The van der Waals surface area contributed by atoms with Crippen LogP contribution in [0.2, 0.25) is 0 Å². The maximum Gasteiger partial charge on any atom is 0.189 e. The Morgan fingerprint density at radius 2 is 1.18 bits per heavy atom. The van der Waals surface area contributed by atoms with Crippen molar-refractivity contribution in [2.75, 3.05) is 0 Å². The van der Waals surface area contributed by atoms with Crippen LogP contribution in [0, 0.1) is 29.2 Å². The van der Waals surface area contributed by atoms with E-state index in [1.54, 1.807) is 0 Å². The molecule has 2 heterocycles. The van der Waals surface area contributed by atoms with E-state index < -0.39 is 0 Å². The predicted molar refractivity (Wildman–Crippen MR) is 202 cm³/mol. The maximum atomic E-state index is 10.6. The minimum atomic E-state index is 0.569. The van der Waals surface area contributed by atoms with Crippen molar-refractivity contribution >= 4 is 49.3 Å². The Hall–Kier alpha value is -7.39. The Morgan fingerprint density at radius 3 is 1.96 bits per heavy atom. The monoisotopic (exact) mass is 635 g/mol. The third-order valence-corrected chi connectivity index (χ3v) is 9.60. The number of hydrogen-bond acceptors (Lipinski definition) is 2. The quantitative estimate of drug-likeness (QED) is 0.181. The summed E-state index contributed by atoms with van der Waals surface area (Å²) >= 11 is 0. The van der Waals surface area contributed by atoms with Crippen molar-refractivity contribution in [3.05, 3.63) is 174 Å². The fraction of sp³-hybridized carbons (Fsp3) is 0. The Labute approximate surface area is 288 Å². The van der Waals surface area contributed by atoms with E-state index in [1.807, 2.05) is 84.9 Å². The summed E-state index contributed by atoms with van der Waals surface area (Å²) in [6.07, 6.45) is 0. The maximum absolute atomic E-state index is 10.6. The highest BCUT2D eigenvalue weighted by atomic mass is 15.0. The van der Waals surface area contributed by atoms with Gasteiger partial charge in [-0.25, -0.2) is 4.85 Å². The van der Waals surface area contributed by atoms with Gasteiger partial charge in [-0.2, -0.15) is 10.5 Å². The van der Waals surface area contributed by atoms with Crippen molar-refractivity contribution < 1.29 is 0 Å². The first-order valence-electron chi connectivity index (χ1n) is 16.3. The normalized spacial score (nSPS) is 11.1. The molecule has 0 aliphatic heterocycles. The van der Waals surface area contributed by atoms with Crippen LogP contribution in [0.15, 0.2) is 152 Å². The van der Waals surface area contributed by atoms with Crippen LogP contribution in [0.5, 0.6) is 0 Å². The number of benzene rings is 7. The van der Waals surface area contributed by atoms with Crippen molar-refractivity contribution in [3.8, 4) is 45.8 Å². The molecule has 230 valence electrons. The molecule has 0 bridgehead atoms. The minimum Gasteiger partial charge on any atom is -0.310 e. The SMILES string of the molecule is [C-]#[N+]c1ccc2c3ccccc3n(-c3cccc(-c4ccccc4-c4c(C#N)cccc4-n4c5ccccc5c5cc(C#N)ccc54)c3)c2c1. The zero-order valence-electron chi connectivity index (χ0n) is 26.7. The summed E-state index contributed by atoms with van der Waals surface area (Å²) in [4.78, 5) is 3.72. The summed E-state index contributed by atoms with van der Waals surface area (Å²) in [5, 5.41) is 24.5. The smallest absolute Gasteiger partial charge is 0.189 e.